The maximum absolute atomic E-state index is 11.8. The van der Waals surface area contributed by atoms with Gasteiger partial charge in [-0.2, -0.15) is 0 Å². The van der Waals surface area contributed by atoms with Crippen LogP contribution in [0.1, 0.15) is 37.6 Å². The Morgan fingerprint density at radius 2 is 1.94 bits per heavy atom. The van der Waals surface area contributed by atoms with Gasteiger partial charge in [0.15, 0.2) is 0 Å². The van der Waals surface area contributed by atoms with Gasteiger partial charge in [0.2, 0.25) is 0 Å². The predicted molar refractivity (Wildman–Crippen MR) is 75.2 cm³/mol. The zero-order valence-electron chi connectivity index (χ0n) is 10.7. The molecule has 0 bridgehead atoms. The molecule has 18 heavy (non-hydrogen) atoms. The maximum Gasteiger partial charge on any atom is 0.339 e. The Labute approximate surface area is 117 Å². The SMILES string of the molecule is CC(C)(C)CCOC(=O)c1cc(N)cc(Cl)c1Cl. The van der Waals surface area contributed by atoms with Gasteiger partial charge in [0.25, 0.3) is 0 Å². The molecule has 0 aliphatic rings. The van der Waals surface area contributed by atoms with Crippen LogP contribution in [0.15, 0.2) is 12.1 Å². The van der Waals surface area contributed by atoms with Crippen LogP contribution < -0.4 is 5.73 Å². The number of nitrogen functional groups attached to an aromatic ring is 1. The fourth-order valence-electron chi connectivity index (χ4n) is 1.29. The highest BCUT2D eigenvalue weighted by atomic mass is 35.5. The van der Waals surface area contributed by atoms with Crippen LogP contribution in [0.25, 0.3) is 0 Å². The number of esters is 1. The molecule has 0 saturated carbocycles. The Morgan fingerprint density at radius 1 is 1.33 bits per heavy atom. The zero-order valence-corrected chi connectivity index (χ0v) is 12.2. The molecular weight excluding hydrogens is 273 g/mol. The van der Waals surface area contributed by atoms with E-state index in [2.05, 4.69) is 20.8 Å². The normalized spacial score (nSPS) is 11.4. The number of hydrogen-bond acceptors (Lipinski definition) is 3. The summed E-state index contributed by atoms with van der Waals surface area (Å²) < 4.78 is 5.16. The lowest BCUT2D eigenvalue weighted by Crippen LogP contribution is -2.13. The highest BCUT2D eigenvalue weighted by Crippen LogP contribution is 2.29. The molecule has 0 fully saturated rings. The number of benzene rings is 1. The minimum absolute atomic E-state index is 0.109. The molecule has 0 saturated heterocycles. The van der Waals surface area contributed by atoms with E-state index in [0.29, 0.717) is 12.3 Å². The molecule has 0 aromatic heterocycles. The molecule has 2 N–H and O–H groups in total. The molecule has 0 unspecified atom stereocenters. The average Bonchev–Trinajstić information content (AvgIpc) is 2.21. The van der Waals surface area contributed by atoms with Gasteiger partial charge >= 0.3 is 5.97 Å². The summed E-state index contributed by atoms with van der Waals surface area (Å²) in [7, 11) is 0. The van der Waals surface area contributed by atoms with E-state index in [9.17, 15) is 4.79 Å². The third kappa shape index (κ3) is 4.39. The molecule has 0 amide bonds. The largest absolute Gasteiger partial charge is 0.462 e. The molecule has 1 aromatic rings. The van der Waals surface area contributed by atoms with Gasteiger partial charge in [-0.25, -0.2) is 4.79 Å². The topological polar surface area (TPSA) is 52.3 Å². The summed E-state index contributed by atoms with van der Waals surface area (Å²) in [5, 5.41) is 0.422. The third-order valence-electron chi connectivity index (χ3n) is 2.36. The molecule has 0 aliphatic heterocycles. The van der Waals surface area contributed by atoms with Crippen LogP contribution in [-0.2, 0) is 4.74 Å². The van der Waals surface area contributed by atoms with E-state index in [1.165, 1.54) is 12.1 Å². The molecule has 100 valence electrons. The summed E-state index contributed by atoms with van der Waals surface area (Å²) in [6.45, 7) is 6.56. The molecule has 0 atom stereocenters. The Kier molecular flexibility index (Phi) is 4.88. The van der Waals surface area contributed by atoms with Gasteiger partial charge in [-0.3, -0.25) is 0 Å². The van der Waals surface area contributed by atoms with Crippen LogP contribution in [0.4, 0.5) is 5.69 Å². The Balaban J connectivity index is 2.73. The number of ether oxygens (including phenoxy) is 1. The predicted octanol–water partition coefficient (Wildman–Crippen LogP) is 4.17. The highest BCUT2D eigenvalue weighted by molar-refractivity contribution is 6.44. The lowest BCUT2D eigenvalue weighted by Gasteiger charge is -2.17. The quantitative estimate of drug-likeness (QED) is 0.671. The molecular formula is C13H17Cl2NO2. The van der Waals surface area contributed by atoms with E-state index >= 15 is 0 Å². The number of carbonyl (C=O) groups is 1. The van der Waals surface area contributed by atoms with Gasteiger partial charge in [-0.1, -0.05) is 44.0 Å². The lowest BCUT2D eigenvalue weighted by atomic mass is 9.93. The van der Waals surface area contributed by atoms with Gasteiger partial charge in [0.05, 0.1) is 22.2 Å². The number of hydrogen-bond donors (Lipinski definition) is 1. The van der Waals surface area contributed by atoms with Gasteiger partial charge in [-0.05, 0) is 24.0 Å². The monoisotopic (exact) mass is 289 g/mol. The summed E-state index contributed by atoms with van der Waals surface area (Å²) in [4.78, 5) is 11.8. The van der Waals surface area contributed by atoms with E-state index in [-0.39, 0.29) is 21.0 Å². The van der Waals surface area contributed by atoms with Crippen LogP contribution in [0, 0.1) is 5.41 Å². The van der Waals surface area contributed by atoms with Gasteiger partial charge in [-0.15, -0.1) is 0 Å². The summed E-state index contributed by atoms with van der Waals surface area (Å²) in [5.74, 6) is -0.501. The van der Waals surface area contributed by atoms with Crippen molar-refractivity contribution in [2.24, 2.45) is 5.41 Å². The van der Waals surface area contributed by atoms with E-state index < -0.39 is 5.97 Å². The molecule has 1 aromatic carbocycles. The fraction of sp³-hybridized carbons (Fsp3) is 0.462. The maximum atomic E-state index is 11.8. The van der Waals surface area contributed by atoms with Crippen molar-refractivity contribution in [2.45, 2.75) is 27.2 Å². The number of rotatable bonds is 3. The number of nitrogens with two attached hydrogens (primary N) is 1. The van der Waals surface area contributed by atoms with Crippen molar-refractivity contribution >= 4 is 34.9 Å². The number of carbonyl (C=O) groups excluding carboxylic acids is 1. The summed E-state index contributed by atoms with van der Waals surface area (Å²) >= 11 is 11.8. The van der Waals surface area contributed by atoms with Crippen molar-refractivity contribution < 1.29 is 9.53 Å². The van der Waals surface area contributed by atoms with Gasteiger partial charge < -0.3 is 10.5 Å². The Morgan fingerprint density at radius 3 is 2.50 bits per heavy atom. The van der Waals surface area contributed by atoms with E-state index in [4.69, 9.17) is 33.7 Å². The molecule has 0 radical (unpaired) electrons. The summed E-state index contributed by atoms with van der Waals surface area (Å²) in [5.41, 5.74) is 6.31. The van der Waals surface area contributed by atoms with Crippen LogP contribution in [0.5, 0.6) is 0 Å². The zero-order chi connectivity index (χ0) is 13.9. The molecule has 0 heterocycles. The second-order valence-corrected chi connectivity index (χ2v) is 6.10. The van der Waals surface area contributed by atoms with E-state index in [0.717, 1.165) is 6.42 Å². The van der Waals surface area contributed by atoms with Crippen LogP contribution in [0.2, 0.25) is 10.0 Å². The minimum Gasteiger partial charge on any atom is -0.462 e. The first-order valence-electron chi connectivity index (χ1n) is 5.62. The van der Waals surface area contributed by atoms with Crippen LogP contribution in [0.3, 0.4) is 0 Å². The smallest absolute Gasteiger partial charge is 0.339 e. The minimum atomic E-state index is -0.501. The van der Waals surface area contributed by atoms with Crippen molar-refractivity contribution in [3.05, 3.63) is 27.7 Å². The van der Waals surface area contributed by atoms with Crippen LogP contribution >= 0.6 is 23.2 Å². The third-order valence-corrected chi connectivity index (χ3v) is 3.16. The molecule has 0 spiro atoms. The molecule has 0 aliphatic carbocycles. The summed E-state index contributed by atoms with van der Waals surface area (Å²) in [6, 6.07) is 2.96. The lowest BCUT2D eigenvalue weighted by molar-refractivity contribution is 0.0465. The Hall–Kier alpha value is -0.930. The highest BCUT2D eigenvalue weighted by Gasteiger charge is 2.17. The van der Waals surface area contributed by atoms with Crippen molar-refractivity contribution in [3.63, 3.8) is 0 Å². The fourth-order valence-corrected chi connectivity index (χ4v) is 1.70. The van der Waals surface area contributed by atoms with Crippen molar-refractivity contribution in [3.8, 4) is 0 Å². The Bertz CT molecular complexity index is 453. The molecule has 3 nitrogen and oxygen atoms in total. The van der Waals surface area contributed by atoms with Crippen molar-refractivity contribution in [1.29, 1.82) is 0 Å². The van der Waals surface area contributed by atoms with Crippen LogP contribution in [-0.4, -0.2) is 12.6 Å². The van der Waals surface area contributed by atoms with E-state index in [1.54, 1.807) is 0 Å². The summed E-state index contributed by atoms with van der Waals surface area (Å²) in [6.07, 6.45) is 0.770. The number of halogens is 2. The van der Waals surface area contributed by atoms with E-state index in [1.807, 2.05) is 0 Å². The average molecular weight is 290 g/mol. The van der Waals surface area contributed by atoms with Gasteiger partial charge in [0.1, 0.15) is 0 Å². The van der Waals surface area contributed by atoms with Crippen molar-refractivity contribution in [2.75, 3.05) is 12.3 Å². The number of anilines is 1. The second kappa shape index (κ2) is 5.81. The molecule has 5 heteroatoms. The standard InChI is InChI=1S/C13H17Cl2NO2/c1-13(2,3)4-5-18-12(17)9-6-8(16)7-10(14)11(9)15/h6-7H,4-5,16H2,1-3H3. The van der Waals surface area contributed by atoms with Crippen molar-refractivity contribution in [1.82, 2.24) is 0 Å². The first kappa shape index (κ1) is 15.1. The molecule has 1 rings (SSSR count). The first-order chi connectivity index (χ1) is 8.20. The first-order valence-corrected chi connectivity index (χ1v) is 6.38. The second-order valence-electron chi connectivity index (χ2n) is 5.31. The van der Waals surface area contributed by atoms with Gasteiger partial charge in [0, 0.05) is 5.69 Å².